The minimum Gasteiger partial charge on any atom is -0.345 e. The molecule has 6 heteroatoms. The molecule has 4 nitrogen and oxygen atoms in total. The summed E-state index contributed by atoms with van der Waals surface area (Å²) in [7, 11) is 0. The van der Waals surface area contributed by atoms with Crippen molar-refractivity contribution < 1.29 is 4.79 Å². The van der Waals surface area contributed by atoms with Gasteiger partial charge in [-0.2, -0.15) is 0 Å². The number of fused-ring (bicyclic) bond motifs is 1. The largest absolute Gasteiger partial charge is 0.345 e. The van der Waals surface area contributed by atoms with Crippen LogP contribution in [0.25, 0.3) is 11.7 Å². The van der Waals surface area contributed by atoms with Crippen molar-refractivity contribution in [2.45, 2.75) is 19.9 Å². The highest BCUT2D eigenvalue weighted by Crippen LogP contribution is 2.26. The predicted octanol–water partition coefficient (Wildman–Crippen LogP) is 4.58. The number of pyridine rings is 1. The van der Waals surface area contributed by atoms with Gasteiger partial charge in [-0.3, -0.25) is 9.20 Å². The number of amides is 1. The van der Waals surface area contributed by atoms with Crippen molar-refractivity contribution in [3.8, 4) is 0 Å². The maximum absolute atomic E-state index is 12.3. The molecule has 0 unspecified atom stereocenters. The Balaban J connectivity index is 1.78. The lowest BCUT2D eigenvalue weighted by atomic mass is 10.0. The smallest absolute Gasteiger partial charge is 0.244 e. The van der Waals surface area contributed by atoms with Crippen molar-refractivity contribution in [3.63, 3.8) is 0 Å². The molecule has 0 bridgehead atoms. The van der Waals surface area contributed by atoms with Gasteiger partial charge in [-0.05, 0) is 35.6 Å². The minimum atomic E-state index is -0.149. The molecule has 3 aromatic heterocycles. The average Bonchev–Trinajstić information content (AvgIpc) is 3.17. The topological polar surface area (TPSA) is 46.4 Å². The lowest BCUT2D eigenvalue weighted by Crippen LogP contribution is -2.29. The van der Waals surface area contributed by atoms with E-state index in [1.807, 2.05) is 46.3 Å². The summed E-state index contributed by atoms with van der Waals surface area (Å²) in [6.45, 7) is 4.19. The van der Waals surface area contributed by atoms with Crippen molar-refractivity contribution in [1.29, 1.82) is 0 Å². The Morgan fingerprint density at radius 3 is 2.88 bits per heavy atom. The first-order valence-electron chi connectivity index (χ1n) is 7.71. The average molecular weight is 360 g/mol. The Bertz CT molecular complexity index is 868. The van der Waals surface area contributed by atoms with Gasteiger partial charge >= 0.3 is 0 Å². The molecule has 0 spiro atoms. The van der Waals surface area contributed by atoms with Crippen LogP contribution in [0.5, 0.6) is 0 Å². The number of nitrogens with one attached hydrogen (secondary N) is 1. The van der Waals surface area contributed by atoms with E-state index in [1.165, 1.54) is 6.08 Å². The molecule has 3 rings (SSSR count). The molecule has 3 aromatic rings. The zero-order valence-corrected chi connectivity index (χ0v) is 15.0. The molecule has 1 N–H and O–H groups in total. The molecule has 0 saturated heterocycles. The number of carbonyl (C=O) groups excluding carboxylic acids is 1. The number of hydrogen-bond donors (Lipinski definition) is 1. The molecule has 0 saturated carbocycles. The van der Waals surface area contributed by atoms with E-state index < -0.39 is 0 Å². The number of hydrogen-bond acceptors (Lipinski definition) is 3. The van der Waals surface area contributed by atoms with Gasteiger partial charge in [0.2, 0.25) is 5.91 Å². The number of rotatable bonds is 5. The second kappa shape index (κ2) is 7.20. The third-order valence-corrected chi connectivity index (χ3v) is 4.96. The molecular formula is C18H18ClN3OS. The molecule has 0 aromatic carbocycles. The maximum Gasteiger partial charge on any atom is 0.244 e. The van der Waals surface area contributed by atoms with Crippen molar-refractivity contribution in [1.82, 2.24) is 14.7 Å². The molecule has 0 aliphatic heterocycles. The van der Waals surface area contributed by atoms with E-state index >= 15 is 0 Å². The first-order chi connectivity index (χ1) is 11.6. The van der Waals surface area contributed by atoms with E-state index in [-0.39, 0.29) is 11.9 Å². The van der Waals surface area contributed by atoms with Gasteiger partial charge in [-0.25, -0.2) is 4.98 Å². The zero-order chi connectivity index (χ0) is 17.1. The van der Waals surface area contributed by atoms with Crippen LogP contribution in [0, 0.1) is 5.92 Å². The third-order valence-electron chi connectivity index (χ3n) is 3.73. The van der Waals surface area contributed by atoms with Crippen molar-refractivity contribution in [3.05, 3.63) is 63.7 Å². The lowest BCUT2D eigenvalue weighted by Gasteiger charge is -2.20. The van der Waals surface area contributed by atoms with Gasteiger partial charge < -0.3 is 5.32 Å². The number of carbonyl (C=O) groups is 1. The van der Waals surface area contributed by atoms with E-state index in [4.69, 9.17) is 11.6 Å². The summed E-state index contributed by atoms with van der Waals surface area (Å²) in [4.78, 5) is 17.8. The van der Waals surface area contributed by atoms with Crippen LogP contribution >= 0.6 is 22.9 Å². The molecule has 3 heterocycles. The fourth-order valence-electron chi connectivity index (χ4n) is 2.53. The van der Waals surface area contributed by atoms with Crippen LogP contribution in [-0.4, -0.2) is 15.3 Å². The number of halogens is 1. The molecule has 0 radical (unpaired) electrons. The van der Waals surface area contributed by atoms with E-state index in [0.717, 1.165) is 10.5 Å². The fourth-order valence-corrected chi connectivity index (χ4v) is 3.72. The van der Waals surface area contributed by atoms with E-state index in [0.29, 0.717) is 16.8 Å². The molecular weight excluding hydrogens is 342 g/mol. The quantitative estimate of drug-likeness (QED) is 0.678. The van der Waals surface area contributed by atoms with Gasteiger partial charge in [0.25, 0.3) is 0 Å². The first-order valence-corrected chi connectivity index (χ1v) is 8.96. The summed E-state index contributed by atoms with van der Waals surface area (Å²) >= 11 is 7.82. The van der Waals surface area contributed by atoms with Crippen LogP contribution in [0.2, 0.25) is 5.15 Å². The monoisotopic (exact) mass is 359 g/mol. The first kappa shape index (κ1) is 16.7. The summed E-state index contributed by atoms with van der Waals surface area (Å²) in [6.07, 6.45) is 5.07. The number of imidazole rings is 1. The van der Waals surface area contributed by atoms with Crippen LogP contribution in [0.3, 0.4) is 0 Å². The van der Waals surface area contributed by atoms with E-state index in [1.54, 1.807) is 17.4 Å². The SMILES string of the molecule is CC(C)[C@H](NC(=O)/C=C/c1c(Cl)nc2ccccn12)c1cccs1. The Morgan fingerprint density at radius 2 is 2.17 bits per heavy atom. The molecule has 124 valence electrons. The summed E-state index contributed by atoms with van der Waals surface area (Å²) in [5.41, 5.74) is 1.45. The Hall–Kier alpha value is -2.11. The second-order valence-corrected chi connectivity index (χ2v) is 7.13. The number of thiophene rings is 1. The number of nitrogens with zero attached hydrogens (tertiary/aromatic N) is 2. The molecule has 0 aliphatic rings. The highest BCUT2D eigenvalue weighted by Gasteiger charge is 2.18. The van der Waals surface area contributed by atoms with Crippen molar-refractivity contribution in [2.24, 2.45) is 5.92 Å². The van der Waals surface area contributed by atoms with Gasteiger partial charge in [0.15, 0.2) is 5.15 Å². The minimum absolute atomic E-state index is 0.000179. The molecule has 0 aliphatic carbocycles. The molecule has 24 heavy (non-hydrogen) atoms. The number of aromatic nitrogens is 2. The van der Waals surface area contributed by atoms with Crippen LogP contribution < -0.4 is 5.32 Å². The van der Waals surface area contributed by atoms with Gasteiger partial charge in [0.05, 0.1) is 11.7 Å². The zero-order valence-electron chi connectivity index (χ0n) is 13.4. The highest BCUT2D eigenvalue weighted by atomic mass is 35.5. The molecule has 0 fully saturated rings. The van der Waals surface area contributed by atoms with Crippen LogP contribution in [-0.2, 0) is 4.79 Å². The summed E-state index contributed by atoms with van der Waals surface area (Å²) in [6, 6.07) is 9.70. The highest BCUT2D eigenvalue weighted by molar-refractivity contribution is 7.10. The summed E-state index contributed by atoms with van der Waals surface area (Å²) < 4.78 is 1.85. The summed E-state index contributed by atoms with van der Waals surface area (Å²) in [5.74, 6) is 0.157. The normalized spacial score (nSPS) is 13.0. The molecule has 1 amide bonds. The summed E-state index contributed by atoms with van der Waals surface area (Å²) in [5, 5.41) is 5.46. The van der Waals surface area contributed by atoms with Gasteiger partial charge in [0.1, 0.15) is 5.65 Å². The Labute approximate surface area is 149 Å². The van der Waals surface area contributed by atoms with Gasteiger partial charge in [0, 0.05) is 17.2 Å². The maximum atomic E-state index is 12.3. The van der Waals surface area contributed by atoms with Crippen molar-refractivity contribution >= 4 is 40.6 Å². The predicted molar refractivity (Wildman–Crippen MR) is 99.3 cm³/mol. The fraction of sp³-hybridized carbons (Fsp3) is 0.222. The molecule has 1 atom stereocenters. The second-order valence-electron chi connectivity index (χ2n) is 5.80. The van der Waals surface area contributed by atoms with E-state index in [9.17, 15) is 4.79 Å². The van der Waals surface area contributed by atoms with Crippen LogP contribution in [0.4, 0.5) is 0 Å². The Morgan fingerprint density at radius 1 is 1.33 bits per heavy atom. The van der Waals surface area contributed by atoms with Gasteiger partial charge in [-0.1, -0.05) is 37.6 Å². The van der Waals surface area contributed by atoms with E-state index in [2.05, 4.69) is 24.1 Å². The van der Waals surface area contributed by atoms with Crippen LogP contribution in [0.1, 0.15) is 30.5 Å². The standard InChI is InChI=1S/C18H18ClN3OS/c1-12(2)17(14-6-5-11-24-14)21-16(23)9-8-13-18(19)20-15-7-3-4-10-22(13)15/h3-12,17H,1-2H3,(H,21,23)/b9-8+/t17-/m0/s1. The lowest BCUT2D eigenvalue weighted by molar-refractivity contribution is -0.117. The van der Waals surface area contributed by atoms with Crippen molar-refractivity contribution in [2.75, 3.05) is 0 Å². The Kier molecular flexibility index (Phi) is 5.02. The third kappa shape index (κ3) is 3.52. The van der Waals surface area contributed by atoms with Gasteiger partial charge in [-0.15, -0.1) is 11.3 Å². The van der Waals surface area contributed by atoms with Crippen LogP contribution in [0.15, 0.2) is 48.0 Å².